The van der Waals surface area contributed by atoms with Gasteiger partial charge in [0.05, 0.1) is 11.1 Å². The Morgan fingerprint density at radius 1 is 0.554 bits per heavy atom. The van der Waals surface area contributed by atoms with Crippen molar-refractivity contribution in [2.75, 3.05) is 49.1 Å². The Balaban J connectivity index is 0.000000164. The molecule has 2 amide bonds. The van der Waals surface area contributed by atoms with E-state index in [0.29, 0.717) is 83.7 Å². The van der Waals surface area contributed by atoms with Crippen LogP contribution in [0.3, 0.4) is 0 Å². The van der Waals surface area contributed by atoms with Crippen molar-refractivity contribution in [2.45, 2.75) is 38.3 Å². The molecule has 0 unspecified atom stereocenters. The number of carbonyl (C=O) groups is 2. The molecule has 4 aromatic carbocycles. The number of aromatic nitrogens is 6. The summed E-state index contributed by atoms with van der Waals surface area (Å²) in [6.45, 7) is 7.67. The lowest BCUT2D eigenvalue weighted by atomic mass is 9.80. The van der Waals surface area contributed by atoms with Gasteiger partial charge in [0.2, 0.25) is 0 Å². The molecule has 0 aliphatic carbocycles. The van der Waals surface area contributed by atoms with E-state index in [4.69, 9.17) is 21.6 Å². The normalized spacial score (nSPS) is 16.0. The van der Waals surface area contributed by atoms with Gasteiger partial charge in [0.25, 0.3) is 11.8 Å². The third-order valence-corrected chi connectivity index (χ3v) is 12.7. The Morgan fingerprint density at radius 2 is 0.986 bits per heavy atom. The van der Waals surface area contributed by atoms with Gasteiger partial charge in [-0.2, -0.15) is 26.3 Å². The molecule has 0 bridgehead atoms. The van der Waals surface area contributed by atoms with Gasteiger partial charge < -0.3 is 29.6 Å². The first kappa shape index (κ1) is 52.6. The van der Waals surface area contributed by atoms with Crippen molar-refractivity contribution in [3.8, 4) is 11.3 Å². The molecule has 0 radical (unpaired) electrons. The number of benzene rings is 4. The molecule has 22 heteroatoms. The Morgan fingerprint density at radius 3 is 1.43 bits per heavy atom. The van der Waals surface area contributed by atoms with Crippen molar-refractivity contribution in [2.24, 2.45) is 0 Å². The number of nitrogens with zero attached hydrogens (tertiary/aromatic N) is 10. The molecule has 2 atom stereocenters. The third kappa shape index (κ3) is 12.0. The second kappa shape index (κ2) is 22.6. The fourth-order valence-corrected chi connectivity index (χ4v) is 8.82. The number of alkyl halides is 6. The van der Waals surface area contributed by atoms with E-state index < -0.39 is 30.6 Å². The third-order valence-electron chi connectivity index (χ3n) is 12.4. The van der Waals surface area contributed by atoms with Crippen molar-refractivity contribution >= 4 is 69.4 Å². The predicted octanol–water partition coefficient (Wildman–Crippen LogP) is 8.48. The minimum Gasteiger partial charge on any atom is -0.423 e. The molecule has 2 aliphatic rings. The molecule has 10 rings (SSSR count). The van der Waals surface area contributed by atoms with Crippen LogP contribution in [0.1, 0.15) is 45.7 Å². The van der Waals surface area contributed by atoms with E-state index >= 15 is 0 Å². The summed E-state index contributed by atoms with van der Waals surface area (Å²) in [5, 5.41) is 36.3. The molecule has 8 aromatic rings. The van der Waals surface area contributed by atoms with Crippen molar-refractivity contribution < 1.29 is 46.0 Å². The molecule has 4 aromatic heterocycles. The Hall–Kier alpha value is -7.75. The lowest BCUT2D eigenvalue weighted by Gasteiger charge is -2.40. The van der Waals surface area contributed by atoms with E-state index in [0.717, 1.165) is 53.0 Å². The van der Waals surface area contributed by atoms with Gasteiger partial charge in [-0.25, -0.2) is 0 Å². The van der Waals surface area contributed by atoms with E-state index in [1.165, 1.54) is 12.1 Å². The van der Waals surface area contributed by atoms with Crippen molar-refractivity contribution in [1.29, 1.82) is 0 Å². The highest BCUT2D eigenvalue weighted by Gasteiger charge is 2.34. The lowest BCUT2D eigenvalue weighted by Crippen LogP contribution is -2.54. The highest BCUT2D eigenvalue weighted by atomic mass is 35.5. The van der Waals surface area contributed by atoms with Gasteiger partial charge in [0.15, 0.2) is 16.8 Å². The topological polar surface area (TPSA) is 165 Å². The molecule has 6 heterocycles. The predicted molar refractivity (Wildman–Crippen MR) is 270 cm³/mol. The first-order valence-corrected chi connectivity index (χ1v) is 23.6. The van der Waals surface area contributed by atoms with Crippen LogP contribution in [0.4, 0.5) is 38.0 Å². The first-order valence-electron chi connectivity index (χ1n) is 23.2. The first-order chi connectivity index (χ1) is 35.4. The number of hydrogen-bond donors (Lipinski definition) is 2. The van der Waals surface area contributed by atoms with Gasteiger partial charge in [-0.1, -0.05) is 84.4 Å². The molecule has 2 N–H and O–H groups in total. The standard InChI is InChI=1S/C26H22F3N5O.C19H18ClN5O.C7H6BF3O2/c1-17-16-33(25(35)19-6-3-2-4-7-19)14-15-34(17)24-21-8-5-13-30-23(21)22(31-32-24)18-9-11-20(12-10-18)26(27,28)29;1-13-12-24(19(26)14-6-3-2-4-7-14)10-11-25(13)18-15-8-5-9-21-16(15)17(20)22-23-18;9-7(10,11)5-1-3-6(4-2-5)8(12)13/h2-13,17H,14-16H2,1H3;2-9,13H,10-12H2,1H3;1-4,12-13H/t17-;13-;/m11./s1. The van der Waals surface area contributed by atoms with E-state index in [1.807, 2.05) is 95.6 Å². The summed E-state index contributed by atoms with van der Waals surface area (Å²) in [7, 11) is -1.73. The zero-order valence-corrected chi connectivity index (χ0v) is 40.4. The largest absolute Gasteiger partial charge is 0.488 e. The quantitative estimate of drug-likeness (QED) is 0.121. The monoisotopic (exact) mass is 1030 g/mol. The van der Waals surface area contributed by atoms with Crippen LogP contribution in [0.2, 0.25) is 5.15 Å². The number of pyridine rings is 2. The van der Waals surface area contributed by atoms with E-state index in [1.54, 1.807) is 18.5 Å². The van der Waals surface area contributed by atoms with Gasteiger partial charge >= 0.3 is 19.5 Å². The van der Waals surface area contributed by atoms with Crippen LogP contribution in [0.25, 0.3) is 33.1 Å². The maximum absolute atomic E-state index is 13.0. The summed E-state index contributed by atoms with van der Waals surface area (Å²) in [6.07, 6.45) is -5.48. The van der Waals surface area contributed by atoms with Crippen molar-refractivity contribution in [3.05, 3.63) is 173 Å². The number of halogens is 7. The zero-order valence-electron chi connectivity index (χ0n) is 39.7. The van der Waals surface area contributed by atoms with Crippen LogP contribution in [0, 0.1) is 0 Å². The zero-order chi connectivity index (χ0) is 52.7. The minimum atomic E-state index is -4.41. The highest BCUT2D eigenvalue weighted by molar-refractivity contribution is 6.58. The smallest absolute Gasteiger partial charge is 0.423 e. The molecular weight excluding hydrogens is 989 g/mol. The molecule has 74 heavy (non-hydrogen) atoms. The summed E-state index contributed by atoms with van der Waals surface area (Å²) in [4.78, 5) is 42.4. The molecule has 2 fully saturated rings. The molecule has 2 saturated heterocycles. The second-order valence-electron chi connectivity index (χ2n) is 17.4. The molecule has 380 valence electrons. The summed E-state index contributed by atoms with van der Waals surface area (Å²) in [6, 6.07) is 34.6. The Bertz CT molecular complexity index is 3220. The number of hydrogen-bond acceptors (Lipinski definition) is 12. The number of rotatable bonds is 6. The fraction of sp³-hybridized carbons (Fsp3) is 0.231. The molecule has 0 saturated carbocycles. The lowest BCUT2D eigenvalue weighted by molar-refractivity contribution is -0.138. The van der Waals surface area contributed by atoms with Gasteiger partial charge in [-0.15, -0.1) is 20.4 Å². The van der Waals surface area contributed by atoms with E-state index in [2.05, 4.69) is 47.1 Å². The van der Waals surface area contributed by atoms with Crippen LogP contribution in [0.15, 0.2) is 146 Å². The van der Waals surface area contributed by atoms with Gasteiger partial charge in [0.1, 0.15) is 16.7 Å². The number of amides is 2. The SMILES string of the molecule is C[C@@H]1CN(C(=O)c2ccccc2)CCN1c1nnc(-c2ccc(C(F)(F)F)cc2)c2ncccc12.C[C@@H]1CN(C(=O)c2ccccc2)CCN1c1nnc(Cl)c2ncccc12.OB(O)c1ccc(C(F)(F)F)cc1. The van der Waals surface area contributed by atoms with Crippen LogP contribution in [-0.2, 0) is 12.4 Å². The second-order valence-corrected chi connectivity index (χ2v) is 17.7. The number of fused-ring (bicyclic) bond motifs is 2. The molecule has 0 spiro atoms. The van der Waals surface area contributed by atoms with E-state index in [9.17, 15) is 35.9 Å². The number of anilines is 2. The van der Waals surface area contributed by atoms with Gasteiger partial charge in [0, 0.05) is 91.2 Å². The van der Waals surface area contributed by atoms with Crippen molar-refractivity contribution in [3.63, 3.8) is 0 Å². The summed E-state index contributed by atoms with van der Waals surface area (Å²) >= 11 is 6.13. The van der Waals surface area contributed by atoms with Gasteiger partial charge in [-0.05, 0) is 80.0 Å². The fourth-order valence-electron chi connectivity index (χ4n) is 8.64. The van der Waals surface area contributed by atoms with Crippen LogP contribution in [-0.4, -0.2) is 120 Å². The van der Waals surface area contributed by atoms with Crippen LogP contribution >= 0.6 is 11.6 Å². The number of piperazine rings is 2. The summed E-state index contributed by atoms with van der Waals surface area (Å²) in [5.41, 5.74) is 2.01. The average Bonchev–Trinajstić information content (AvgIpc) is 3.41. The Labute approximate surface area is 426 Å². The summed E-state index contributed by atoms with van der Waals surface area (Å²) in [5.74, 6) is 1.46. The van der Waals surface area contributed by atoms with Crippen LogP contribution in [0.5, 0.6) is 0 Å². The minimum absolute atomic E-state index is 0.00707. The maximum atomic E-state index is 13.0. The molecule has 14 nitrogen and oxygen atoms in total. The molecular formula is C52H46BClF6N10O4. The Kier molecular flexibility index (Phi) is 16.0. The highest BCUT2D eigenvalue weighted by Crippen LogP contribution is 2.35. The van der Waals surface area contributed by atoms with E-state index in [-0.39, 0.29) is 29.4 Å². The maximum Gasteiger partial charge on any atom is 0.488 e. The summed E-state index contributed by atoms with van der Waals surface area (Å²) < 4.78 is 74.9. The van der Waals surface area contributed by atoms with Gasteiger partial charge in [-0.3, -0.25) is 19.6 Å². The molecule has 2 aliphatic heterocycles. The van der Waals surface area contributed by atoms with Crippen molar-refractivity contribution in [1.82, 2.24) is 40.2 Å². The average molecular weight is 1040 g/mol. The van der Waals surface area contributed by atoms with Crippen LogP contribution < -0.4 is 15.3 Å². The number of carbonyl (C=O) groups excluding carboxylic acids is 2.